The summed E-state index contributed by atoms with van der Waals surface area (Å²) in [7, 11) is 0. The molecule has 0 amide bonds. The number of hydrogen-bond donors (Lipinski definition) is 1. The zero-order chi connectivity index (χ0) is 9.40. The first-order valence-corrected chi connectivity index (χ1v) is 4.76. The predicted molar refractivity (Wildman–Crippen MR) is 56.0 cm³/mol. The summed E-state index contributed by atoms with van der Waals surface area (Å²) >= 11 is 3.77. The summed E-state index contributed by atoms with van der Waals surface area (Å²) in [6, 6.07) is 0. The molecule has 1 unspecified atom stereocenters. The van der Waals surface area contributed by atoms with Gasteiger partial charge < -0.3 is 9.47 Å². The van der Waals surface area contributed by atoms with E-state index in [0.29, 0.717) is 6.61 Å². The van der Waals surface area contributed by atoms with Crippen molar-refractivity contribution < 1.29 is 14.3 Å². The third-order valence-corrected chi connectivity index (χ3v) is 1.54. The zero-order valence-electron chi connectivity index (χ0n) is 8.02. The van der Waals surface area contributed by atoms with Crippen LogP contribution in [0.4, 0.5) is 0 Å². The van der Waals surface area contributed by atoms with Crippen LogP contribution in [-0.2, 0) is 14.3 Å². The molecule has 0 aromatic carbocycles. The Balaban J connectivity index is 0. The van der Waals surface area contributed by atoms with Crippen molar-refractivity contribution in [3.8, 4) is 0 Å². The monoisotopic (exact) mass is 313 g/mol. The molecule has 0 aromatic heterocycles. The van der Waals surface area contributed by atoms with Gasteiger partial charge in [0.1, 0.15) is 0 Å². The van der Waals surface area contributed by atoms with Gasteiger partial charge in [-0.3, -0.25) is 4.79 Å². The van der Waals surface area contributed by atoms with Crippen molar-refractivity contribution in [3.63, 3.8) is 0 Å². The number of thiol groups is 1. The molecule has 0 aliphatic rings. The Morgan fingerprint density at radius 3 is 2.62 bits per heavy atom. The number of carbonyl (C=O) groups excluding carboxylic acids is 1. The molecule has 0 bridgehead atoms. The van der Waals surface area contributed by atoms with E-state index in [1.54, 1.807) is 6.92 Å². The van der Waals surface area contributed by atoms with Crippen LogP contribution in [0.25, 0.3) is 0 Å². The Kier molecular flexibility index (Phi) is 13.2. The molecule has 3 nitrogen and oxygen atoms in total. The van der Waals surface area contributed by atoms with Gasteiger partial charge in [0.15, 0.2) is 6.29 Å². The smallest absolute Gasteiger partial charge is 0.435 e. The van der Waals surface area contributed by atoms with E-state index in [9.17, 15) is 4.79 Å². The molecule has 0 spiro atoms. The number of unbranched alkanes of at least 4 members (excludes halogenated alkanes) is 1. The second-order valence-corrected chi connectivity index (χ2v) is 2.76. The molecule has 0 saturated carbocycles. The van der Waals surface area contributed by atoms with Crippen molar-refractivity contribution >= 4 is 43.0 Å². The predicted octanol–water partition coefficient (Wildman–Crippen LogP) is 1.24. The standard InChI is InChI=1S/C8H16O3S.Sb/c1-3-4-5-10-7(2)11-8(9)6-12;/h7,12H,3-6H2,1-2H3;/q;+3. The first-order valence-electron chi connectivity index (χ1n) is 4.12. The molecule has 0 aliphatic carbocycles. The van der Waals surface area contributed by atoms with E-state index in [2.05, 4.69) is 19.6 Å². The van der Waals surface area contributed by atoms with Crippen LogP contribution in [0.3, 0.4) is 0 Å². The Morgan fingerprint density at radius 1 is 1.54 bits per heavy atom. The Labute approximate surface area is 102 Å². The van der Waals surface area contributed by atoms with Gasteiger partial charge in [0, 0.05) is 0 Å². The van der Waals surface area contributed by atoms with Gasteiger partial charge in [-0.1, -0.05) is 13.3 Å². The molecule has 0 fully saturated rings. The fourth-order valence-corrected chi connectivity index (χ4v) is 0.725. The SMILES string of the molecule is CCCCOC(C)OC(=O)CS.[Sb+3]. The van der Waals surface area contributed by atoms with Crippen LogP contribution in [0, 0.1) is 0 Å². The van der Waals surface area contributed by atoms with E-state index in [-0.39, 0.29) is 36.2 Å². The summed E-state index contributed by atoms with van der Waals surface area (Å²) in [5.41, 5.74) is 0. The minimum atomic E-state index is -0.448. The summed E-state index contributed by atoms with van der Waals surface area (Å²) in [5.74, 6) is -0.246. The van der Waals surface area contributed by atoms with Crippen molar-refractivity contribution in [2.45, 2.75) is 33.0 Å². The fourth-order valence-electron chi connectivity index (χ4n) is 0.650. The Morgan fingerprint density at radius 2 is 2.15 bits per heavy atom. The third kappa shape index (κ3) is 10.5. The molecule has 74 valence electrons. The average Bonchev–Trinajstić information content (AvgIpc) is 2.05. The minimum Gasteiger partial charge on any atom is -0.435 e. The summed E-state index contributed by atoms with van der Waals surface area (Å²) < 4.78 is 9.99. The molecule has 0 aliphatic heterocycles. The molecular formula is C8H16O3SSb+3. The van der Waals surface area contributed by atoms with E-state index < -0.39 is 6.29 Å². The molecule has 0 aromatic rings. The van der Waals surface area contributed by atoms with Crippen LogP contribution in [-0.4, -0.2) is 49.0 Å². The van der Waals surface area contributed by atoms with Crippen molar-refractivity contribution in [2.24, 2.45) is 0 Å². The topological polar surface area (TPSA) is 35.5 Å². The van der Waals surface area contributed by atoms with Gasteiger partial charge in [-0.2, -0.15) is 12.6 Å². The summed E-state index contributed by atoms with van der Waals surface area (Å²) in [5, 5.41) is 0. The van der Waals surface area contributed by atoms with E-state index in [1.165, 1.54) is 0 Å². The number of carbonyl (C=O) groups is 1. The average molecular weight is 314 g/mol. The Bertz CT molecular complexity index is 133. The molecule has 5 heteroatoms. The normalized spacial score (nSPS) is 11.6. The molecular weight excluding hydrogens is 298 g/mol. The van der Waals surface area contributed by atoms with Gasteiger partial charge in [0.2, 0.25) is 0 Å². The fraction of sp³-hybridized carbons (Fsp3) is 0.875. The van der Waals surface area contributed by atoms with E-state index in [0.717, 1.165) is 12.8 Å². The minimum absolute atomic E-state index is 0. The van der Waals surface area contributed by atoms with E-state index in [1.807, 2.05) is 0 Å². The van der Waals surface area contributed by atoms with Gasteiger partial charge in [-0.25, -0.2) is 0 Å². The Hall–Kier alpha value is 0.598. The van der Waals surface area contributed by atoms with Crippen LogP contribution in [0.15, 0.2) is 0 Å². The van der Waals surface area contributed by atoms with Gasteiger partial charge in [-0.15, -0.1) is 0 Å². The van der Waals surface area contributed by atoms with Crippen LogP contribution in [0.1, 0.15) is 26.7 Å². The molecule has 2 radical (unpaired) electrons. The molecule has 0 rings (SSSR count). The molecule has 0 heterocycles. The van der Waals surface area contributed by atoms with Gasteiger partial charge in [-0.05, 0) is 13.3 Å². The maximum absolute atomic E-state index is 10.7. The number of hydrogen-bond acceptors (Lipinski definition) is 4. The molecule has 1 atom stereocenters. The quantitative estimate of drug-likeness (QED) is 0.263. The van der Waals surface area contributed by atoms with Crippen molar-refractivity contribution in [1.82, 2.24) is 0 Å². The second kappa shape index (κ2) is 10.7. The van der Waals surface area contributed by atoms with E-state index >= 15 is 0 Å². The van der Waals surface area contributed by atoms with Crippen LogP contribution >= 0.6 is 12.6 Å². The van der Waals surface area contributed by atoms with Crippen LogP contribution < -0.4 is 0 Å². The zero-order valence-corrected chi connectivity index (χ0v) is 11.5. The number of esters is 1. The summed E-state index contributed by atoms with van der Waals surface area (Å²) in [6.07, 6.45) is 1.62. The van der Waals surface area contributed by atoms with Crippen molar-refractivity contribution in [3.05, 3.63) is 0 Å². The molecule has 0 N–H and O–H groups in total. The first kappa shape index (κ1) is 16.0. The van der Waals surface area contributed by atoms with Crippen LogP contribution in [0.5, 0.6) is 0 Å². The summed E-state index contributed by atoms with van der Waals surface area (Å²) in [4.78, 5) is 10.7. The summed E-state index contributed by atoms with van der Waals surface area (Å²) in [6.45, 7) is 4.42. The largest absolute Gasteiger partial charge is 3.00 e. The maximum atomic E-state index is 10.7. The second-order valence-electron chi connectivity index (χ2n) is 2.44. The maximum Gasteiger partial charge on any atom is 3.00 e. The third-order valence-electron chi connectivity index (χ3n) is 1.28. The van der Waals surface area contributed by atoms with Gasteiger partial charge in [0.25, 0.3) is 0 Å². The molecule has 0 saturated heterocycles. The first-order chi connectivity index (χ1) is 5.70. The van der Waals surface area contributed by atoms with Crippen molar-refractivity contribution in [1.29, 1.82) is 0 Å². The molecule has 13 heavy (non-hydrogen) atoms. The van der Waals surface area contributed by atoms with Gasteiger partial charge in [0.05, 0.1) is 12.4 Å². The number of rotatable bonds is 6. The number of ether oxygens (including phenoxy) is 2. The van der Waals surface area contributed by atoms with Crippen LogP contribution in [0.2, 0.25) is 0 Å². The van der Waals surface area contributed by atoms with E-state index in [4.69, 9.17) is 9.47 Å². The van der Waals surface area contributed by atoms with Crippen molar-refractivity contribution in [2.75, 3.05) is 12.4 Å². The van der Waals surface area contributed by atoms with Gasteiger partial charge >= 0.3 is 30.4 Å².